The number of aromatic nitrogens is 1. The molecule has 1 N–H and O–H groups in total. The van der Waals surface area contributed by atoms with E-state index in [1.807, 2.05) is 7.05 Å². The van der Waals surface area contributed by atoms with Gasteiger partial charge < -0.3 is 10.0 Å². The fraction of sp³-hybridized carbons (Fsp3) is 0.455. The first-order valence-electron chi connectivity index (χ1n) is 5.27. The molecule has 0 aromatic carbocycles. The van der Waals surface area contributed by atoms with Crippen LogP contribution in [0.5, 0.6) is 0 Å². The average molecular weight is 273 g/mol. The maximum absolute atomic E-state index is 11.3. The van der Waals surface area contributed by atoms with Crippen LogP contribution in [0, 0.1) is 0 Å². The third kappa shape index (κ3) is 2.27. The van der Waals surface area contributed by atoms with Crippen LogP contribution in [0.1, 0.15) is 27.3 Å². The predicted octanol–water partition coefficient (Wildman–Crippen LogP) is 1.85. The Bertz CT molecular complexity index is 479. The lowest BCUT2D eigenvalue weighted by Crippen LogP contribution is -2.29. The lowest BCUT2D eigenvalue weighted by atomic mass is 9.98. The van der Waals surface area contributed by atoms with Crippen LogP contribution < -0.4 is 0 Å². The minimum atomic E-state index is -0.985. The average Bonchev–Trinajstić information content (AvgIpc) is 2.28. The van der Waals surface area contributed by atoms with E-state index in [0.717, 1.165) is 17.8 Å². The van der Waals surface area contributed by atoms with Gasteiger partial charge in [0, 0.05) is 18.8 Å². The molecule has 1 aromatic heterocycles. The standard InChI is InChI=1S/C11H13ClN2O2S/c1-14-3-2-6-7(4-14)13-8(5-17)10(12)9(6)11(15)16/h17H,2-5H2,1H3,(H,15,16). The van der Waals surface area contributed by atoms with Crippen molar-refractivity contribution in [1.29, 1.82) is 0 Å². The highest BCUT2D eigenvalue weighted by Crippen LogP contribution is 2.29. The van der Waals surface area contributed by atoms with Crippen LogP contribution in [-0.4, -0.2) is 34.6 Å². The van der Waals surface area contributed by atoms with Gasteiger partial charge in [-0.25, -0.2) is 4.79 Å². The number of hydrogen-bond acceptors (Lipinski definition) is 4. The van der Waals surface area contributed by atoms with Gasteiger partial charge in [-0.15, -0.1) is 0 Å². The largest absolute Gasteiger partial charge is 0.478 e. The van der Waals surface area contributed by atoms with Crippen molar-refractivity contribution in [1.82, 2.24) is 9.88 Å². The monoisotopic (exact) mass is 272 g/mol. The molecule has 0 unspecified atom stereocenters. The highest BCUT2D eigenvalue weighted by Gasteiger charge is 2.25. The summed E-state index contributed by atoms with van der Waals surface area (Å²) in [6.07, 6.45) is 0.674. The molecule has 92 valence electrons. The fourth-order valence-corrected chi connectivity index (χ4v) is 2.69. The van der Waals surface area contributed by atoms with Crippen molar-refractivity contribution in [2.75, 3.05) is 13.6 Å². The maximum atomic E-state index is 11.3. The van der Waals surface area contributed by atoms with Gasteiger partial charge in [0.2, 0.25) is 0 Å². The summed E-state index contributed by atoms with van der Waals surface area (Å²) in [6, 6.07) is 0. The Balaban J connectivity index is 2.64. The molecule has 1 aromatic rings. The van der Waals surface area contributed by atoms with Crippen LogP contribution in [0.2, 0.25) is 5.02 Å². The van der Waals surface area contributed by atoms with Crippen LogP contribution in [0.3, 0.4) is 0 Å². The summed E-state index contributed by atoms with van der Waals surface area (Å²) in [6.45, 7) is 1.49. The van der Waals surface area contributed by atoms with Gasteiger partial charge in [-0.1, -0.05) is 11.6 Å². The normalized spacial score (nSPS) is 15.7. The highest BCUT2D eigenvalue weighted by molar-refractivity contribution is 7.79. The predicted molar refractivity (Wildman–Crippen MR) is 68.9 cm³/mol. The molecule has 1 aliphatic heterocycles. The Morgan fingerprint density at radius 3 is 2.94 bits per heavy atom. The fourth-order valence-electron chi connectivity index (χ4n) is 2.07. The molecule has 0 saturated carbocycles. The minimum absolute atomic E-state index is 0.203. The topological polar surface area (TPSA) is 53.4 Å². The summed E-state index contributed by atoms with van der Waals surface area (Å²) in [5.41, 5.74) is 2.33. The number of carboxylic acid groups (broad SMARTS) is 1. The number of hydrogen-bond donors (Lipinski definition) is 2. The van der Waals surface area contributed by atoms with E-state index in [2.05, 4.69) is 22.5 Å². The van der Waals surface area contributed by atoms with Crippen molar-refractivity contribution in [2.45, 2.75) is 18.7 Å². The van der Waals surface area contributed by atoms with Crippen molar-refractivity contribution in [3.8, 4) is 0 Å². The van der Waals surface area contributed by atoms with Gasteiger partial charge in [0.1, 0.15) is 0 Å². The Kier molecular flexibility index (Phi) is 3.61. The zero-order chi connectivity index (χ0) is 12.6. The summed E-state index contributed by atoms with van der Waals surface area (Å²) in [4.78, 5) is 17.8. The van der Waals surface area contributed by atoms with E-state index >= 15 is 0 Å². The van der Waals surface area contributed by atoms with Gasteiger partial charge in [0.25, 0.3) is 0 Å². The van der Waals surface area contributed by atoms with Crippen LogP contribution >= 0.6 is 24.2 Å². The number of likely N-dealkylation sites (N-methyl/N-ethyl adjacent to an activating group) is 1. The Morgan fingerprint density at radius 1 is 1.65 bits per heavy atom. The van der Waals surface area contributed by atoms with Crippen molar-refractivity contribution >= 4 is 30.2 Å². The number of thiol groups is 1. The van der Waals surface area contributed by atoms with Crippen molar-refractivity contribution in [3.05, 3.63) is 27.5 Å². The van der Waals surface area contributed by atoms with E-state index in [1.165, 1.54) is 0 Å². The van der Waals surface area contributed by atoms with Crippen LogP contribution in [0.15, 0.2) is 0 Å². The van der Waals surface area contributed by atoms with Crippen molar-refractivity contribution in [3.63, 3.8) is 0 Å². The summed E-state index contributed by atoms with van der Waals surface area (Å²) >= 11 is 10.2. The molecule has 1 aliphatic rings. The minimum Gasteiger partial charge on any atom is -0.478 e. The number of fused-ring (bicyclic) bond motifs is 1. The molecule has 0 aliphatic carbocycles. The van der Waals surface area contributed by atoms with E-state index < -0.39 is 5.97 Å². The van der Waals surface area contributed by atoms with Gasteiger partial charge in [0.05, 0.1) is 22.0 Å². The van der Waals surface area contributed by atoms with E-state index in [9.17, 15) is 9.90 Å². The lowest BCUT2D eigenvalue weighted by molar-refractivity contribution is 0.0694. The van der Waals surface area contributed by atoms with Crippen LogP contribution in [0.4, 0.5) is 0 Å². The molecule has 4 nitrogen and oxygen atoms in total. The molecule has 0 radical (unpaired) electrons. The van der Waals surface area contributed by atoms with Crippen LogP contribution in [-0.2, 0) is 18.7 Å². The molecule has 0 fully saturated rings. The molecule has 0 bridgehead atoms. The Labute approximate surface area is 110 Å². The number of aromatic carboxylic acids is 1. The first-order chi connectivity index (χ1) is 8.04. The molecule has 2 rings (SSSR count). The lowest BCUT2D eigenvalue weighted by Gasteiger charge is -2.26. The smallest absolute Gasteiger partial charge is 0.337 e. The molecule has 6 heteroatoms. The summed E-state index contributed by atoms with van der Waals surface area (Å²) in [5.74, 6) is -0.642. The number of halogens is 1. The van der Waals surface area contributed by atoms with Crippen molar-refractivity contribution < 1.29 is 9.90 Å². The highest BCUT2D eigenvalue weighted by atomic mass is 35.5. The van der Waals surface area contributed by atoms with E-state index in [4.69, 9.17) is 11.6 Å². The maximum Gasteiger partial charge on any atom is 0.337 e. The summed E-state index contributed by atoms with van der Waals surface area (Å²) in [7, 11) is 1.99. The SMILES string of the molecule is CN1CCc2c(nc(CS)c(Cl)c2C(=O)O)C1. The first kappa shape index (κ1) is 12.7. The molecular formula is C11H13ClN2O2S. The molecule has 0 saturated heterocycles. The third-order valence-electron chi connectivity index (χ3n) is 2.92. The van der Waals surface area contributed by atoms with Gasteiger partial charge in [0.15, 0.2) is 0 Å². The number of nitrogens with zero attached hydrogens (tertiary/aromatic N) is 2. The molecule has 2 heterocycles. The zero-order valence-electron chi connectivity index (χ0n) is 9.40. The molecule has 17 heavy (non-hydrogen) atoms. The number of rotatable bonds is 2. The second-order valence-electron chi connectivity index (χ2n) is 4.12. The second kappa shape index (κ2) is 4.84. The van der Waals surface area contributed by atoms with Gasteiger partial charge in [-0.05, 0) is 19.0 Å². The Hall–Kier alpha value is -0.780. The number of pyridine rings is 1. The summed E-state index contributed by atoms with van der Waals surface area (Å²) < 4.78 is 0. The summed E-state index contributed by atoms with van der Waals surface area (Å²) in [5, 5.41) is 9.49. The third-order valence-corrected chi connectivity index (χ3v) is 3.63. The Morgan fingerprint density at radius 2 is 2.35 bits per heavy atom. The molecule has 0 spiro atoms. The van der Waals surface area contributed by atoms with E-state index in [0.29, 0.717) is 24.4 Å². The molecule has 0 atom stereocenters. The van der Waals surface area contributed by atoms with Gasteiger partial charge in [-0.2, -0.15) is 12.6 Å². The van der Waals surface area contributed by atoms with E-state index in [1.54, 1.807) is 0 Å². The number of carbonyl (C=O) groups is 1. The van der Waals surface area contributed by atoms with Gasteiger partial charge >= 0.3 is 5.97 Å². The molecular weight excluding hydrogens is 260 g/mol. The number of carboxylic acids is 1. The second-order valence-corrected chi connectivity index (χ2v) is 4.82. The van der Waals surface area contributed by atoms with E-state index in [-0.39, 0.29) is 10.6 Å². The first-order valence-corrected chi connectivity index (χ1v) is 6.28. The zero-order valence-corrected chi connectivity index (χ0v) is 11.1. The van der Waals surface area contributed by atoms with Gasteiger partial charge in [-0.3, -0.25) is 4.98 Å². The quantitative estimate of drug-likeness (QED) is 0.807. The van der Waals surface area contributed by atoms with Crippen LogP contribution in [0.25, 0.3) is 0 Å². The van der Waals surface area contributed by atoms with Crippen molar-refractivity contribution in [2.24, 2.45) is 0 Å². The molecule has 0 amide bonds.